The summed E-state index contributed by atoms with van der Waals surface area (Å²) >= 11 is 0. The quantitative estimate of drug-likeness (QED) is 0.633. The number of amides is 3. The van der Waals surface area contributed by atoms with E-state index < -0.39 is 23.9 Å². The lowest BCUT2D eigenvalue weighted by atomic mass is 9.88. The smallest absolute Gasteiger partial charge is 0.256 e. The van der Waals surface area contributed by atoms with E-state index in [0.717, 1.165) is 5.56 Å². The number of carbonyl (C=O) groups is 3. The Bertz CT molecular complexity index is 839. The number of hydrogen-bond donors (Lipinski definition) is 3. The average molecular weight is 406 g/mol. The third-order valence-electron chi connectivity index (χ3n) is 6.18. The van der Waals surface area contributed by atoms with Gasteiger partial charge in [0.2, 0.25) is 11.8 Å². The van der Waals surface area contributed by atoms with Gasteiger partial charge in [0, 0.05) is 25.1 Å². The fourth-order valence-electron chi connectivity index (χ4n) is 4.45. The SMILES string of the molecule is O=C1CCC(N2Cc3cccc(CNC4(C(F)F)CCNCC4)c3C2=O)C(=O)N1. The first kappa shape index (κ1) is 19.9. The topological polar surface area (TPSA) is 90.5 Å². The minimum Gasteiger partial charge on any atom is -0.322 e. The molecule has 1 aromatic carbocycles. The Morgan fingerprint density at radius 2 is 1.97 bits per heavy atom. The van der Waals surface area contributed by atoms with Gasteiger partial charge in [0.25, 0.3) is 12.3 Å². The molecule has 3 N–H and O–H groups in total. The van der Waals surface area contributed by atoms with Crippen LogP contribution in [0.3, 0.4) is 0 Å². The highest BCUT2D eigenvalue weighted by atomic mass is 19.3. The summed E-state index contributed by atoms with van der Waals surface area (Å²) in [6.45, 7) is 1.47. The van der Waals surface area contributed by atoms with E-state index in [4.69, 9.17) is 0 Å². The number of carbonyl (C=O) groups excluding carboxylic acids is 3. The first-order chi connectivity index (χ1) is 13.9. The van der Waals surface area contributed by atoms with Gasteiger partial charge in [-0.3, -0.25) is 19.7 Å². The molecule has 0 saturated carbocycles. The molecule has 4 rings (SSSR count). The zero-order valence-electron chi connectivity index (χ0n) is 16.0. The number of alkyl halides is 2. The van der Waals surface area contributed by atoms with Gasteiger partial charge >= 0.3 is 0 Å². The van der Waals surface area contributed by atoms with Crippen LogP contribution in [0, 0.1) is 0 Å². The van der Waals surface area contributed by atoms with Crippen molar-refractivity contribution in [2.24, 2.45) is 0 Å². The molecule has 3 amide bonds. The normalized spacial score (nSPS) is 24.0. The Morgan fingerprint density at radius 1 is 1.21 bits per heavy atom. The lowest BCUT2D eigenvalue weighted by Crippen LogP contribution is -2.56. The predicted octanol–water partition coefficient (Wildman–Crippen LogP) is 0.924. The maximum absolute atomic E-state index is 13.8. The number of benzene rings is 1. The molecular formula is C20H24F2N4O3. The van der Waals surface area contributed by atoms with Crippen molar-refractivity contribution in [1.82, 2.24) is 20.9 Å². The zero-order chi connectivity index (χ0) is 20.6. The molecule has 7 nitrogen and oxygen atoms in total. The van der Waals surface area contributed by atoms with Crippen LogP contribution in [-0.4, -0.2) is 53.7 Å². The lowest BCUT2D eigenvalue weighted by Gasteiger charge is -2.38. The van der Waals surface area contributed by atoms with Crippen LogP contribution >= 0.6 is 0 Å². The second-order valence-corrected chi connectivity index (χ2v) is 7.91. The predicted molar refractivity (Wildman–Crippen MR) is 100 cm³/mol. The summed E-state index contributed by atoms with van der Waals surface area (Å²) in [5.41, 5.74) is 0.637. The molecule has 3 aliphatic rings. The molecule has 3 heterocycles. The van der Waals surface area contributed by atoms with Crippen LogP contribution in [0.15, 0.2) is 18.2 Å². The van der Waals surface area contributed by atoms with Gasteiger partial charge in [0.05, 0.1) is 5.54 Å². The molecule has 0 aliphatic carbocycles. The zero-order valence-corrected chi connectivity index (χ0v) is 16.0. The first-order valence-corrected chi connectivity index (χ1v) is 9.90. The van der Waals surface area contributed by atoms with E-state index in [1.807, 2.05) is 6.07 Å². The molecule has 2 fully saturated rings. The highest BCUT2D eigenvalue weighted by Crippen LogP contribution is 2.31. The van der Waals surface area contributed by atoms with Crippen LogP contribution in [0.2, 0.25) is 0 Å². The Kier molecular flexibility index (Phi) is 5.35. The number of rotatable bonds is 5. The van der Waals surface area contributed by atoms with Crippen molar-refractivity contribution < 1.29 is 23.2 Å². The summed E-state index contributed by atoms with van der Waals surface area (Å²) in [4.78, 5) is 38.2. The van der Waals surface area contributed by atoms with Crippen molar-refractivity contribution in [3.63, 3.8) is 0 Å². The van der Waals surface area contributed by atoms with Gasteiger partial charge < -0.3 is 15.5 Å². The van der Waals surface area contributed by atoms with E-state index in [2.05, 4.69) is 16.0 Å². The van der Waals surface area contributed by atoms with Crippen LogP contribution in [0.4, 0.5) is 8.78 Å². The largest absolute Gasteiger partial charge is 0.322 e. The number of hydrogen-bond acceptors (Lipinski definition) is 5. The Labute approximate surface area is 167 Å². The third-order valence-corrected chi connectivity index (χ3v) is 6.18. The molecule has 1 atom stereocenters. The Balaban J connectivity index is 1.53. The molecular weight excluding hydrogens is 382 g/mol. The summed E-state index contributed by atoms with van der Waals surface area (Å²) in [6.07, 6.45) is -1.39. The minimum atomic E-state index is -2.50. The number of imide groups is 1. The summed E-state index contributed by atoms with van der Waals surface area (Å²) in [5, 5.41) is 8.40. The number of fused-ring (bicyclic) bond motifs is 1. The second kappa shape index (κ2) is 7.79. The molecule has 1 unspecified atom stereocenters. The number of piperidine rings is 2. The van der Waals surface area contributed by atoms with Gasteiger partial charge in [0.1, 0.15) is 6.04 Å². The second-order valence-electron chi connectivity index (χ2n) is 7.91. The highest BCUT2D eigenvalue weighted by Gasteiger charge is 2.42. The van der Waals surface area contributed by atoms with Crippen molar-refractivity contribution in [3.8, 4) is 0 Å². The van der Waals surface area contributed by atoms with Crippen molar-refractivity contribution in [2.75, 3.05) is 13.1 Å². The van der Waals surface area contributed by atoms with Crippen molar-refractivity contribution in [3.05, 3.63) is 34.9 Å². The molecule has 0 aromatic heterocycles. The molecule has 9 heteroatoms. The molecule has 0 radical (unpaired) electrons. The molecule has 0 spiro atoms. The lowest BCUT2D eigenvalue weighted by molar-refractivity contribution is -0.136. The average Bonchev–Trinajstić information content (AvgIpc) is 3.04. The minimum absolute atomic E-state index is 0.155. The highest BCUT2D eigenvalue weighted by molar-refractivity contribution is 6.05. The van der Waals surface area contributed by atoms with E-state index in [1.54, 1.807) is 12.1 Å². The molecule has 0 bridgehead atoms. The van der Waals surface area contributed by atoms with Crippen LogP contribution < -0.4 is 16.0 Å². The Morgan fingerprint density at radius 3 is 2.66 bits per heavy atom. The summed E-state index contributed by atoms with van der Waals surface area (Å²) < 4.78 is 27.5. The molecule has 2 saturated heterocycles. The van der Waals surface area contributed by atoms with E-state index >= 15 is 0 Å². The summed E-state index contributed by atoms with van der Waals surface area (Å²) in [7, 11) is 0. The maximum Gasteiger partial charge on any atom is 0.256 e. The third kappa shape index (κ3) is 3.64. The van der Waals surface area contributed by atoms with Crippen molar-refractivity contribution in [2.45, 2.75) is 56.8 Å². The van der Waals surface area contributed by atoms with Gasteiger partial charge in [-0.25, -0.2) is 8.78 Å². The molecule has 1 aromatic rings. The van der Waals surface area contributed by atoms with Crippen molar-refractivity contribution >= 4 is 17.7 Å². The van der Waals surface area contributed by atoms with E-state index in [-0.39, 0.29) is 31.3 Å². The fraction of sp³-hybridized carbons (Fsp3) is 0.550. The van der Waals surface area contributed by atoms with Crippen LogP contribution in [0.25, 0.3) is 0 Å². The number of nitrogens with zero attached hydrogens (tertiary/aromatic N) is 1. The molecule has 3 aliphatic heterocycles. The van der Waals surface area contributed by atoms with Gasteiger partial charge in [-0.1, -0.05) is 18.2 Å². The number of nitrogens with one attached hydrogen (secondary N) is 3. The van der Waals surface area contributed by atoms with Crippen LogP contribution in [0.5, 0.6) is 0 Å². The van der Waals surface area contributed by atoms with Crippen molar-refractivity contribution in [1.29, 1.82) is 0 Å². The standard InChI is InChI=1S/C20H24F2N4O3/c21-19(22)20(6-8-23-9-7-20)24-10-12-2-1-3-13-11-26(18(29)16(12)13)14-4-5-15(27)25-17(14)28/h1-3,14,19,23-24H,4-11H2,(H,25,27,28). The molecule has 156 valence electrons. The van der Waals surface area contributed by atoms with Gasteiger partial charge in [-0.15, -0.1) is 0 Å². The first-order valence-electron chi connectivity index (χ1n) is 9.90. The number of halogens is 2. The van der Waals surface area contributed by atoms with Crippen LogP contribution in [-0.2, 0) is 22.7 Å². The van der Waals surface area contributed by atoms with E-state index in [0.29, 0.717) is 43.5 Å². The molecule has 29 heavy (non-hydrogen) atoms. The van der Waals surface area contributed by atoms with Gasteiger partial charge in [-0.2, -0.15) is 0 Å². The van der Waals surface area contributed by atoms with Gasteiger partial charge in [-0.05, 0) is 43.5 Å². The van der Waals surface area contributed by atoms with Crippen LogP contribution in [0.1, 0.15) is 47.2 Å². The van der Waals surface area contributed by atoms with Gasteiger partial charge in [0.15, 0.2) is 0 Å². The fourth-order valence-corrected chi connectivity index (χ4v) is 4.45. The van der Waals surface area contributed by atoms with E-state index in [1.165, 1.54) is 4.90 Å². The maximum atomic E-state index is 13.8. The van der Waals surface area contributed by atoms with E-state index in [9.17, 15) is 23.2 Å². The monoisotopic (exact) mass is 406 g/mol. The Hall–Kier alpha value is -2.39. The summed E-state index contributed by atoms with van der Waals surface area (Å²) in [6, 6.07) is 4.69. The summed E-state index contributed by atoms with van der Waals surface area (Å²) in [5.74, 6) is -1.09.